The Bertz CT molecular complexity index is 1210. The lowest BCUT2D eigenvalue weighted by Gasteiger charge is -2.29. The molecule has 2 amide bonds. The zero-order valence-electron chi connectivity index (χ0n) is 18.3. The Hall–Kier alpha value is -3.80. The van der Waals surface area contributed by atoms with E-state index in [0.29, 0.717) is 30.6 Å². The summed E-state index contributed by atoms with van der Waals surface area (Å²) >= 11 is 0. The number of rotatable bonds is 8. The Kier molecular flexibility index (Phi) is 6.40. The molecule has 4 aromatic rings. The van der Waals surface area contributed by atoms with E-state index in [1.165, 1.54) is 0 Å². The Balaban J connectivity index is 1.48. The average Bonchev–Trinajstić information content (AvgIpc) is 3.46. The summed E-state index contributed by atoms with van der Waals surface area (Å²) in [6.45, 7) is 0.472. The van der Waals surface area contributed by atoms with Gasteiger partial charge < -0.3 is 19.2 Å². The van der Waals surface area contributed by atoms with E-state index in [2.05, 4.69) is 17.4 Å². The first-order chi connectivity index (χ1) is 15.5. The minimum absolute atomic E-state index is 0.0530. The van der Waals surface area contributed by atoms with Gasteiger partial charge >= 0.3 is 0 Å². The lowest BCUT2D eigenvalue weighted by atomic mass is 10.0. The van der Waals surface area contributed by atoms with Crippen LogP contribution in [0.25, 0.3) is 11.0 Å². The summed E-state index contributed by atoms with van der Waals surface area (Å²) in [6, 6.07) is 21.0. The third-order valence-corrected chi connectivity index (χ3v) is 5.82. The fourth-order valence-corrected chi connectivity index (χ4v) is 3.93. The largest absolute Gasteiger partial charge is 0.464 e. The molecule has 164 valence electrons. The van der Waals surface area contributed by atoms with Crippen LogP contribution in [0.3, 0.4) is 0 Å². The molecule has 0 spiro atoms. The Morgan fingerprint density at radius 2 is 1.88 bits per heavy atom. The maximum Gasteiger partial charge on any atom is 0.267 e. The molecule has 0 aliphatic carbocycles. The van der Waals surface area contributed by atoms with Crippen molar-refractivity contribution in [2.45, 2.75) is 18.9 Å². The predicted octanol–water partition coefficient (Wildman–Crippen LogP) is 4.27. The summed E-state index contributed by atoms with van der Waals surface area (Å²) in [5.41, 5.74) is 3.14. The number of hydrogen-bond acceptors (Lipinski definition) is 3. The number of amides is 2. The maximum atomic E-state index is 13.3. The van der Waals surface area contributed by atoms with Crippen molar-refractivity contribution in [3.63, 3.8) is 0 Å². The predicted molar refractivity (Wildman–Crippen MR) is 125 cm³/mol. The molecule has 32 heavy (non-hydrogen) atoms. The third-order valence-electron chi connectivity index (χ3n) is 5.82. The third kappa shape index (κ3) is 4.75. The molecule has 0 saturated carbocycles. The summed E-state index contributed by atoms with van der Waals surface area (Å²) in [4.78, 5) is 27.5. The lowest BCUT2D eigenvalue weighted by Crippen LogP contribution is -2.41. The van der Waals surface area contributed by atoms with Crippen LogP contribution in [0.2, 0.25) is 0 Å². The highest BCUT2D eigenvalue weighted by molar-refractivity contribution is 5.97. The number of fused-ring (bicyclic) bond motifs is 1. The van der Waals surface area contributed by atoms with Gasteiger partial charge in [0.2, 0.25) is 0 Å². The smallest absolute Gasteiger partial charge is 0.267 e. The van der Waals surface area contributed by atoms with Crippen molar-refractivity contribution < 1.29 is 14.0 Å². The normalized spacial score (nSPS) is 11.9. The van der Waals surface area contributed by atoms with Crippen LogP contribution in [0.1, 0.15) is 32.8 Å². The van der Waals surface area contributed by atoms with Gasteiger partial charge in [-0.3, -0.25) is 9.59 Å². The zero-order valence-corrected chi connectivity index (χ0v) is 18.3. The van der Waals surface area contributed by atoms with Gasteiger partial charge in [-0.05, 0) is 54.8 Å². The standard InChI is InChI=1S/C26H27N3O3/c1-28-15-6-9-23(28)25(30)27-14-12-22(17-19-7-4-3-5-8-19)29(2)26(31)21-10-11-24-20(18-21)13-16-32-24/h3-11,13,15-16,18,22H,12,14,17H2,1-2H3,(H,27,30). The quantitative estimate of drug-likeness (QED) is 0.455. The molecule has 0 fully saturated rings. The second kappa shape index (κ2) is 9.56. The molecule has 6 nitrogen and oxygen atoms in total. The van der Waals surface area contributed by atoms with Gasteiger partial charge in [0.1, 0.15) is 11.3 Å². The molecule has 2 heterocycles. The molecule has 0 saturated heterocycles. The first-order valence-electron chi connectivity index (χ1n) is 10.7. The van der Waals surface area contributed by atoms with E-state index < -0.39 is 0 Å². The molecule has 0 bridgehead atoms. The van der Waals surface area contributed by atoms with E-state index >= 15 is 0 Å². The van der Waals surface area contributed by atoms with Crippen LogP contribution in [0.5, 0.6) is 0 Å². The van der Waals surface area contributed by atoms with Gasteiger partial charge in [-0.1, -0.05) is 30.3 Å². The average molecular weight is 430 g/mol. The van der Waals surface area contributed by atoms with E-state index in [0.717, 1.165) is 16.5 Å². The molecule has 0 aliphatic rings. The topological polar surface area (TPSA) is 67.5 Å². The maximum absolute atomic E-state index is 13.3. The summed E-state index contributed by atoms with van der Waals surface area (Å²) in [6.07, 6.45) is 4.81. The highest BCUT2D eigenvalue weighted by atomic mass is 16.3. The summed E-state index contributed by atoms with van der Waals surface area (Å²) < 4.78 is 7.18. The molecule has 1 N–H and O–H groups in total. The minimum Gasteiger partial charge on any atom is -0.464 e. The molecule has 1 unspecified atom stereocenters. The molecule has 2 aromatic carbocycles. The highest BCUT2D eigenvalue weighted by Crippen LogP contribution is 2.20. The Morgan fingerprint density at radius 1 is 1.06 bits per heavy atom. The van der Waals surface area contributed by atoms with E-state index in [1.807, 2.05) is 62.8 Å². The van der Waals surface area contributed by atoms with Gasteiger partial charge in [0.25, 0.3) is 11.8 Å². The fourth-order valence-electron chi connectivity index (χ4n) is 3.93. The minimum atomic E-state index is -0.115. The van der Waals surface area contributed by atoms with Crippen LogP contribution in [0.4, 0.5) is 0 Å². The van der Waals surface area contributed by atoms with Crippen molar-refractivity contribution in [3.05, 3.63) is 96.0 Å². The van der Waals surface area contributed by atoms with E-state index in [1.54, 1.807) is 27.9 Å². The Morgan fingerprint density at radius 3 is 2.62 bits per heavy atom. The van der Waals surface area contributed by atoms with Crippen LogP contribution in [-0.4, -0.2) is 40.9 Å². The lowest BCUT2D eigenvalue weighted by molar-refractivity contribution is 0.0723. The van der Waals surface area contributed by atoms with Gasteiger partial charge in [0, 0.05) is 43.8 Å². The first-order valence-corrected chi connectivity index (χ1v) is 10.7. The summed E-state index contributed by atoms with van der Waals surface area (Å²) in [7, 11) is 3.67. The van der Waals surface area contributed by atoms with Crippen LogP contribution >= 0.6 is 0 Å². The molecule has 1 atom stereocenters. The van der Waals surface area contributed by atoms with Crippen molar-refractivity contribution in [1.82, 2.24) is 14.8 Å². The molecule has 0 radical (unpaired) electrons. The van der Waals surface area contributed by atoms with Crippen molar-refractivity contribution in [3.8, 4) is 0 Å². The van der Waals surface area contributed by atoms with Crippen LogP contribution in [0, 0.1) is 0 Å². The van der Waals surface area contributed by atoms with Gasteiger partial charge in [-0.2, -0.15) is 0 Å². The number of carbonyl (C=O) groups is 2. The zero-order chi connectivity index (χ0) is 22.5. The van der Waals surface area contributed by atoms with Gasteiger partial charge in [0.05, 0.1) is 6.26 Å². The molecular formula is C26H27N3O3. The molecule has 0 aliphatic heterocycles. The van der Waals surface area contributed by atoms with Crippen molar-refractivity contribution in [2.24, 2.45) is 7.05 Å². The van der Waals surface area contributed by atoms with E-state index in [9.17, 15) is 9.59 Å². The number of nitrogens with one attached hydrogen (secondary N) is 1. The second-order valence-corrected chi connectivity index (χ2v) is 7.98. The van der Waals surface area contributed by atoms with Gasteiger partial charge in [-0.25, -0.2) is 0 Å². The number of nitrogens with zero attached hydrogens (tertiary/aromatic N) is 2. The molecule has 2 aromatic heterocycles. The SMILES string of the molecule is CN(C(=O)c1ccc2occc2c1)C(CCNC(=O)c1cccn1C)Cc1ccccc1. The molecule has 4 rings (SSSR count). The van der Waals surface area contributed by atoms with Crippen molar-refractivity contribution in [2.75, 3.05) is 13.6 Å². The number of benzene rings is 2. The van der Waals surface area contributed by atoms with Gasteiger partial charge in [0.15, 0.2) is 0 Å². The summed E-state index contributed by atoms with van der Waals surface area (Å²) in [5.74, 6) is -0.168. The van der Waals surface area contributed by atoms with E-state index in [-0.39, 0.29) is 17.9 Å². The number of furan rings is 1. The number of likely N-dealkylation sites (N-methyl/N-ethyl adjacent to an activating group) is 1. The monoisotopic (exact) mass is 429 g/mol. The van der Waals surface area contributed by atoms with Gasteiger partial charge in [-0.15, -0.1) is 0 Å². The second-order valence-electron chi connectivity index (χ2n) is 7.98. The van der Waals surface area contributed by atoms with Crippen LogP contribution in [0.15, 0.2) is 83.6 Å². The van der Waals surface area contributed by atoms with Crippen molar-refractivity contribution in [1.29, 1.82) is 0 Å². The first kappa shape index (κ1) is 21.4. The highest BCUT2D eigenvalue weighted by Gasteiger charge is 2.22. The number of hydrogen-bond donors (Lipinski definition) is 1. The number of aryl methyl sites for hydroxylation is 1. The van der Waals surface area contributed by atoms with Crippen LogP contribution in [-0.2, 0) is 13.5 Å². The van der Waals surface area contributed by atoms with Crippen molar-refractivity contribution >= 4 is 22.8 Å². The number of aromatic nitrogens is 1. The van der Waals surface area contributed by atoms with E-state index in [4.69, 9.17) is 4.42 Å². The molecule has 6 heteroatoms. The number of carbonyl (C=O) groups excluding carboxylic acids is 2. The summed E-state index contributed by atoms with van der Waals surface area (Å²) in [5, 5.41) is 3.89. The Labute approximate surface area is 187 Å². The van der Waals surface area contributed by atoms with Crippen LogP contribution < -0.4 is 5.32 Å². The fraction of sp³-hybridized carbons (Fsp3) is 0.231. The molecular weight excluding hydrogens is 402 g/mol.